The molecule has 0 saturated heterocycles. The molecular formula is C8H12N2O2. The molecule has 0 amide bonds. The van der Waals surface area contributed by atoms with E-state index in [1.807, 2.05) is 0 Å². The Kier molecular flexibility index (Phi) is 2.40. The molecule has 0 fully saturated rings. The van der Waals surface area contributed by atoms with Gasteiger partial charge < -0.3 is 21.3 Å². The summed E-state index contributed by atoms with van der Waals surface area (Å²) in [5.74, 6) is 0.0474. The SMILES string of the molecule is CC(O)Nc1ccc(O)c(N)c1. The monoisotopic (exact) mass is 168 g/mol. The molecule has 1 rings (SSSR count). The number of anilines is 2. The zero-order valence-corrected chi connectivity index (χ0v) is 6.78. The molecule has 0 aliphatic carbocycles. The minimum Gasteiger partial charge on any atom is -0.506 e. The van der Waals surface area contributed by atoms with Gasteiger partial charge in [-0.15, -0.1) is 0 Å². The maximum atomic E-state index is 9.06. The van der Waals surface area contributed by atoms with Crippen LogP contribution < -0.4 is 11.1 Å². The minimum atomic E-state index is -0.631. The van der Waals surface area contributed by atoms with Gasteiger partial charge in [0.05, 0.1) is 5.69 Å². The van der Waals surface area contributed by atoms with Crippen LogP contribution in [0, 0.1) is 0 Å². The van der Waals surface area contributed by atoms with Gasteiger partial charge in [0, 0.05) is 5.69 Å². The quantitative estimate of drug-likeness (QED) is 0.227. The summed E-state index contributed by atoms with van der Waals surface area (Å²) in [5, 5.41) is 20.8. The number of rotatable bonds is 2. The van der Waals surface area contributed by atoms with Crippen LogP contribution in [0.2, 0.25) is 0 Å². The Morgan fingerprint density at radius 1 is 1.50 bits per heavy atom. The lowest BCUT2D eigenvalue weighted by molar-refractivity contribution is 0.224. The van der Waals surface area contributed by atoms with Crippen LogP contribution >= 0.6 is 0 Å². The van der Waals surface area contributed by atoms with Crippen LogP contribution in [-0.2, 0) is 0 Å². The summed E-state index contributed by atoms with van der Waals surface area (Å²) in [5.41, 5.74) is 6.40. The van der Waals surface area contributed by atoms with Crippen molar-refractivity contribution in [3.63, 3.8) is 0 Å². The standard InChI is InChI=1S/C8H12N2O2/c1-5(11)10-6-2-3-8(12)7(9)4-6/h2-5,10-12H,9H2,1H3. The fraction of sp³-hybridized carbons (Fsp3) is 0.250. The van der Waals surface area contributed by atoms with Crippen LogP contribution in [0.15, 0.2) is 18.2 Å². The molecule has 0 radical (unpaired) electrons. The van der Waals surface area contributed by atoms with Crippen molar-refractivity contribution in [3.05, 3.63) is 18.2 Å². The molecule has 4 heteroatoms. The third kappa shape index (κ3) is 2.03. The zero-order valence-electron chi connectivity index (χ0n) is 6.78. The number of phenolic OH excluding ortho intramolecular Hbond substituents is 1. The van der Waals surface area contributed by atoms with Crippen LogP contribution in [0.3, 0.4) is 0 Å². The summed E-state index contributed by atoms with van der Waals surface area (Å²) in [6.07, 6.45) is -0.631. The average Bonchev–Trinajstić information content (AvgIpc) is 1.96. The van der Waals surface area contributed by atoms with Crippen molar-refractivity contribution >= 4 is 11.4 Å². The van der Waals surface area contributed by atoms with E-state index in [2.05, 4.69) is 5.32 Å². The highest BCUT2D eigenvalue weighted by molar-refractivity contribution is 5.61. The highest BCUT2D eigenvalue weighted by atomic mass is 16.3. The smallest absolute Gasteiger partial charge is 0.138 e. The third-order valence-electron chi connectivity index (χ3n) is 1.40. The van der Waals surface area contributed by atoms with E-state index < -0.39 is 6.23 Å². The van der Waals surface area contributed by atoms with Crippen LogP contribution in [-0.4, -0.2) is 16.4 Å². The van der Waals surface area contributed by atoms with Gasteiger partial charge in [0.25, 0.3) is 0 Å². The summed E-state index contributed by atoms with van der Waals surface area (Å²) < 4.78 is 0. The van der Waals surface area contributed by atoms with Crippen LogP contribution in [0.25, 0.3) is 0 Å². The fourth-order valence-electron chi connectivity index (χ4n) is 0.886. The Balaban J connectivity index is 2.82. The largest absolute Gasteiger partial charge is 0.506 e. The minimum absolute atomic E-state index is 0.0474. The van der Waals surface area contributed by atoms with Gasteiger partial charge >= 0.3 is 0 Å². The van der Waals surface area contributed by atoms with E-state index in [1.54, 1.807) is 19.1 Å². The van der Waals surface area contributed by atoms with Gasteiger partial charge in [-0.05, 0) is 25.1 Å². The van der Waals surface area contributed by atoms with Crippen molar-refractivity contribution in [2.45, 2.75) is 13.2 Å². The number of aromatic hydroxyl groups is 1. The summed E-state index contributed by atoms with van der Waals surface area (Å²) in [4.78, 5) is 0. The number of nitrogens with two attached hydrogens (primary N) is 1. The molecule has 0 saturated carbocycles. The van der Waals surface area contributed by atoms with E-state index in [0.29, 0.717) is 11.4 Å². The lowest BCUT2D eigenvalue weighted by Crippen LogP contribution is -2.13. The Hall–Kier alpha value is -1.42. The zero-order chi connectivity index (χ0) is 9.14. The Bertz CT molecular complexity index is 274. The number of hydrogen-bond acceptors (Lipinski definition) is 4. The highest BCUT2D eigenvalue weighted by Gasteiger charge is 1.99. The van der Waals surface area contributed by atoms with E-state index >= 15 is 0 Å². The molecule has 1 aromatic carbocycles. The summed E-state index contributed by atoms with van der Waals surface area (Å²) in [6.45, 7) is 1.60. The molecule has 0 aliphatic heterocycles. The molecule has 0 spiro atoms. The Morgan fingerprint density at radius 2 is 2.17 bits per heavy atom. The summed E-state index contributed by atoms with van der Waals surface area (Å²) in [6, 6.07) is 4.67. The van der Waals surface area contributed by atoms with E-state index in [-0.39, 0.29) is 5.75 Å². The lowest BCUT2D eigenvalue weighted by atomic mass is 10.2. The van der Waals surface area contributed by atoms with E-state index in [0.717, 1.165) is 0 Å². The van der Waals surface area contributed by atoms with Crippen molar-refractivity contribution in [1.29, 1.82) is 0 Å². The van der Waals surface area contributed by atoms with Crippen molar-refractivity contribution in [3.8, 4) is 5.75 Å². The van der Waals surface area contributed by atoms with E-state index in [4.69, 9.17) is 15.9 Å². The molecule has 0 bridgehead atoms. The molecule has 0 heterocycles. The van der Waals surface area contributed by atoms with E-state index in [1.165, 1.54) is 6.07 Å². The van der Waals surface area contributed by atoms with Gasteiger partial charge in [-0.3, -0.25) is 0 Å². The van der Waals surface area contributed by atoms with Crippen LogP contribution in [0.1, 0.15) is 6.92 Å². The van der Waals surface area contributed by atoms with Gasteiger partial charge in [0.15, 0.2) is 0 Å². The number of benzene rings is 1. The average molecular weight is 168 g/mol. The number of phenols is 1. The highest BCUT2D eigenvalue weighted by Crippen LogP contribution is 2.23. The summed E-state index contributed by atoms with van der Waals surface area (Å²) in [7, 11) is 0. The fourth-order valence-corrected chi connectivity index (χ4v) is 0.886. The second-order valence-corrected chi connectivity index (χ2v) is 2.59. The first kappa shape index (κ1) is 8.67. The Morgan fingerprint density at radius 3 is 2.67 bits per heavy atom. The van der Waals surface area contributed by atoms with Gasteiger partial charge in [0.2, 0.25) is 0 Å². The van der Waals surface area contributed by atoms with Gasteiger partial charge in [-0.25, -0.2) is 0 Å². The molecular weight excluding hydrogens is 156 g/mol. The number of nitrogens with one attached hydrogen (secondary N) is 1. The van der Waals surface area contributed by atoms with Crippen molar-refractivity contribution < 1.29 is 10.2 Å². The van der Waals surface area contributed by atoms with Gasteiger partial charge in [-0.1, -0.05) is 0 Å². The predicted octanol–water partition coefficient (Wildman–Crippen LogP) is 0.725. The van der Waals surface area contributed by atoms with Gasteiger partial charge in [0.1, 0.15) is 12.0 Å². The maximum absolute atomic E-state index is 9.06. The lowest BCUT2D eigenvalue weighted by Gasteiger charge is -2.09. The first-order valence-corrected chi connectivity index (χ1v) is 3.62. The first-order valence-electron chi connectivity index (χ1n) is 3.62. The molecule has 12 heavy (non-hydrogen) atoms. The van der Waals surface area contributed by atoms with Crippen LogP contribution in [0.4, 0.5) is 11.4 Å². The second kappa shape index (κ2) is 3.32. The molecule has 0 aromatic heterocycles. The molecule has 0 aliphatic rings. The number of nitrogen functional groups attached to an aromatic ring is 1. The van der Waals surface area contributed by atoms with Gasteiger partial charge in [-0.2, -0.15) is 0 Å². The number of aliphatic hydroxyl groups is 1. The molecule has 1 aromatic rings. The molecule has 1 unspecified atom stereocenters. The first-order chi connectivity index (χ1) is 5.59. The van der Waals surface area contributed by atoms with Crippen molar-refractivity contribution in [2.24, 2.45) is 0 Å². The topological polar surface area (TPSA) is 78.5 Å². The predicted molar refractivity (Wildman–Crippen MR) is 47.8 cm³/mol. The molecule has 5 N–H and O–H groups in total. The van der Waals surface area contributed by atoms with Crippen molar-refractivity contribution in [2.75, 3.05) is 11.1 Å². The molecule has 4 nitrogen and oxygen atoms in total. The molecule has 1 atom stereocenters. The second-order valence-electron chi connectivity index (χ2n) is 2.59. The maximum Gasteiger partial charge on any atom is 0.138 e. The molecule has 66 valence electrons. The normalized spacial score (nSPS) is 12.5. The Labute approximate surface area is 70.6 Å². The van der Waals surface area contributed by atoms with E-state index in [9.17, 15) is 0 Å². The van der Waals surface area contributed by atoms with Crippen molar-refractivity contribution in [1.82, 2.24) is 0 Å². The number of hydrogen-bond donors (Lipinski definition) is 4. The third-order valence-corrected chi connectivity index (χ3v) is 1.40. The number of aliphatic hydroxyl groups excluding tert-OH is 1. The summed E-state index contributed by atoms with van der Waals surface area (Å²) >= 11 is 0. The van der Waals surface area contributed by atoms with Crippen LogP contribution in [0.5, 0.6) is 5.75 Å².